The molecule has 0 N–H and O–H groups in total. The first-order valence-corrected chi connectivity index (χ1v) is 10.8. The van der Waals surface area contributed by atoms with Crippen molar-refractivity contribution in [2.24, 2.45) is 11.8 Å². The summed E-state index contributed by atoms with van der Waals surface area (Å²) < 4.78 is 10.8. The Hall–Kier alpha value is -3.38. The zero-order valence-electron chi connectivity index (χ0n) is 18.8. The van der Waals surface area contributed by atoms with Crippen LogP contribution in [-0.2, 0) is 19.1 Å². The Kier molecular flexibility index (Phi) is 5.65. The maximum atomic E-state index is 12.0. The number of para-hydroxylation sites is 2. The molecule has 6 nitrogen and oxygen atoms in total. The van der Waals surface area contributed by atoms with Crippen molar-refractivity contribution >= 4 is 23.0 Å². The minimum atomic E-state index is -0.446. The van der Waals surface area contributed by atoms with E-state index < -0.39 is 11.2 Å². The Bertz CT molecular complexity index is 1110. The van der Waals surface area contributed by atoms with Crippen LogP contribution in [0.2, 0.25) is 0 Å². The molecular weight excluding hydrogens is 404 g/mol. The van der Waals surface area contributed by atoms with Crippen LogP contribution in [0.3, 0.4) is 0 Å². The minimum absolute atomic E-state index is 0.208. The molecule has 2 aliphatic heterocycles. The van der Waals surface area contributed by atoms with Gasteiger partial charge >= 0.3 is 11.9 Å². The number of esters is 2. The summed E-state index contributed by atoms with van der Waals surface area (Å²) >= 11 is 0. The fraction of sp³-hybridized carbons (Fsp3) is 0.462. The molecule has 164 valence electrons. The van der Waals surface area contributed by atoms with E-state index in [9.17, 15) is 9.59 Å². The van der Waals surface area contributed by atoms with E-state index in [0.29, 0.717) is 37.1 Å². The van der Waals surface area contributed by atoms with Crippen LogP contribution in [0.4, 0.5) is 0 Å². The maximum absolute atomic E-state index is 12.0. The van der Waals surface area contributed by atoms with Crippen molar-refractivity contribution in [2.45, 2.75) is 64.6 Å². The number of benzene rings is 1. The highest BCUT2D eigenvalue weighted by molar-refractivity contribution is 5.77. The summed E-state index contributed by atoms with van der Waals surface area (Å²) in [5, 5.41) is 0. The highest BCUT2D eigenvalue weighted by atomic mass is 16.6. The Balaban J connectivity index is 1.57. The van der Waals surface area contributed by atoms with E-state index in [1.54, 1.807) is 0 Å². The molecule has 2 unspecified atom stereocenters. The molecule has 2 saturated heterocycles. The fourth-order valence-electron chi connectivity index (χ4n) is 4.15. The highest BCUT2D eigenvalue weighted by Gasteiger charge is 2.40. The second-order valence-electron chi connectivity index (χ2n) is 9.59. The van der Waals surface area contributed by atoms with Gasteiger partial charge in [0.25, 0.3) is 0 Å². The lowest BCUT2D eigenvalue weighted by Crippen LogP contribution is -2.17. The van der Waals surface area contributed by atoms with E-state index in [1.807, 2.05) is 52.0 Å². The third-order valence-corrected chi connectivity index (χ3v) is 5.58. The lowest BCUT2D eigenvalue weighted by atomic mass is 9.95. The molecule has 1 aromatic carbocycles. The number of aromatic nitrogens is 2. The van der Waals surface area contributed by atoms with Crippen molar-refractivity contribution in [3.05, 3.63) is 35.7 Å². The molecule has 2 atom stereocenters. The predicted molar refractivity (Wildman–Crippen MR) is 119 cm³/mol. The number of carbonyl (C=O) groups is 2. The molecule has 6 heteroatoms. The molecule has 4 rings (SSSR count). The molecule has 2 aliphatic rings. The Labute approximate surface area is 188 Å². The predicted octanol–water partition coefficient (Wildman–Crippen LogP) is 3.80. The number of hydrogen-bond donors (Lipinski definition) is 0. The standard InChI is InChI=1S/C26H26N2O4/c1-25(2)15-17(23(29)31-25)9-7-13-21-22(28-20-12-6-5-11-19(20)27-21)14-8-10-18-16-26(3,4)32-24(18)30/h5-6,11-12,17-18H,9-10,15-16H2,1-4H3. The van der Waals surface area contributed by atoms with Crippen LogP contribution in [0.1, 0.15) is 64.8 Å². The molecule has 32 heavy (non-hydrogen) atoms. The van der Waals surface area contributed by atoms with Gasteiger partial charge in [-0.05, 0) is 51.7 Å². The summed E-state index contributed by atoms with van der Waals surface area (Å²) in [5.41, 5.74) is 1.50. The number of ether oxygens (including phenoxy) is 2. The topological polar surface area (TPSA) is 78.4 Å². The van der Waals surface area contributed by atoms with Gasteiger partial charge in [0.05, 0.1) is 22.9 Å². The molecule has 3 heterocycles. The second-order valence-corrected chi connectivity index (χ2v) is 9.59. The number of rotatable bonds is 2. The van der Waals surface area contributed by atoms with E-state index in [0.717, 1.165) is 11.0 Å². The zero-order chi connectivity index (χ0) is 22.9. The van der Waals surface area contributed by atoms with Gasteiger partial charge in [-0.1, -0.05) is 24.0 Å². The van der Waals surface area contributed by atoms with Crippen molar-refractivity contribution in [1.29, 1.82) is 0 Å². The monoisotopic (exact) mass is 430 g/mol. The first-order valence-electron chi connectivity index (χ1n) is 10.8. The van der Waals surface area contributed by atoms with Crippen LogP contribution >= 0.6 is 0 Å². The third-order valence-electron chi connectivity index (χ3n) is 5.58. The summed E-state index contributed by atoms with van der Waals surface area (Å²) in [6.45, 7) is 7.62. The van der Waals surface area contributed by atoms with Gasteiger partial charge in [0.1, 0.15) is 22.6 Å². The van der Waals surface area contributed by atoms with Crippen LogP contribution < -0.4 is 0 Å². The summed E-state index contributed by atoms with van der Waals surface area (Å²) in [5.74, 6) is 11.4. The van der Waals surface area contributed by atoms with E-state index in [-0.39, 0.29) is 23.8 Å². The van der Waals surface area contributed by atoms with Crippen LogP contribution in [0.25, 0.3) is 11.0 Å². The first-order chi connectivity index (χ1) is 15.1. The van der Waals surface area contributed by atoms with Gasteiger partial charge in [-0.25, -0.2) is 9.97 Å². The van der Waals surface area contributed by atoms with E-state index >= 15 is 0 Å². The lowest BCUT2D eigenvalue weighted by molar-refractivity contribution is -0.149. The third kappa shape index (κ3) is 4.92. The van der Waals surface area contributed by atoms with Gasteiger partial charge in [-0.15, -0.1) is 0 Å². The van der Waals surface area contributed by atoms with Gasteiger partial charge in [-0.2, -0.15) is 0 Å². The van der Waals surface area contributed by atoms with Crippen molar-refractivity contribution in [1.82, 2.24) is 9.97 Å². The number of cyclic esters (lactones) is 2. The Morgan fingerprint density at radius 1 is 0.812 bits per heavy atom. The summed E-state index contributed by atoms with van der Waals surface area (Å²) in [6.07, 6.45) is 2.08. The highest BCUT2D eigenvalue weighted by Crippen LogP contribution is 2.33. The molecule has 0 aliphatic carbocycles. The van der Waals surface area contributed by atoms with Crippen LogP contribution in [0.15, 0.2) is 24.3 Å². The average molecular weight is 431 g/mol. The molecule has 0 radical (unpaired) electrons. The van der Waals surface area contributed by atoms with E-state index in [1.165, 1.54) is 0 Å². The molecule has 0 saturated carbocycles. The number of carbonyl (C=O) groups excluding carboxylic acids is 2. The van der Waals surface area contributed by atoms with Gasteiger partial charge in [0.2, 0.25) is 0 Å². The normalized spacial score (nSPS) is 23.0. The molecule has 2 fully saturated rings. The zero-order valence-corrected chi connectivity index (χ0v) is 18.8. The SMILES string of the molecule is CC1(C)CC(CC#Cc2nc3ccccc3nc2C#CCC2CC(C)(C)OC2=O)C(=O)O1. The molecule has 0 spiro atoms. The fourth-order valence-corrected chi connectivity index (χ4v) is 4.15. The quantitative estimate of drug-likeness (QED) is 0.533. The first kappa shape index (κ1) is 21.8. The second kappa shape index (κ2) is 8.28. The Morgan fingerprint density at radius 3 is 1.56 bits per heavy atom. The molecule has 0 amide bonds. The largest absolute Gasteiger partial charge is 0.459 e. The maximum Gasteiger partial charge on any atom is 0.310 e. The number of fused-ring (bicyclic) bond motifs is 1. The molecule has 2 aromatic rings. The Morgan fingerprint density at radius 2 is 1.22 bits per heavy atom. The average Bonchev–Trinajstić information content (AvgIpc) is 3.13. The van der Waals surface area contributed by atoms with Crippen LogP contribution in [0, 0.1) is 35.5 Å². The van der Waals surface area contributed by atoms with Gasteiger partial charge in [0.15, 0.2) is 0 Å². The molecular formula is C26H26N2O4. The minimum Gasteiger partial charge on any atom is -0.459 e. The summed E-state index contributed by atoms with van der Waals surface area (Å²) in [7, 11) is 0. The van der Waals surface area contributed by atoms with Crippen LogP contribution in [0.5, 0.6) is 0 Å². The summed E-state index contributed by atoms with van der Waals surface area (Å²) in [4.78, 5) is 33.3. The molecule has 0 bridgehead atoms. The van der Waals surface area contributed by atoms with Gasteiger partial charge in [-0.3, -0.25) is 9.59 Å². The smallest absolute Gasteiger partial charge is 0.310 e. The van der Waals surface area contributed by atoms with E-state index in [2.05, 4.69) is 33.6 Å². The van der Waals surface area contributed by atoms with Crippen molar-refractivity contribution in [3.63, 3.8) is 0 Å². The van der Waals surface area contributed by atoms with Crippen molar-refractivity contribution in [2.75, 3.05) is 0 Å². The van der Waals surface area contributed by atoms with Crippen LogP contribution in [-0.4, -0.2) is 33.1 Å². The number of hydrogen-bond acceptors (Lipinski definition) is 6. The van der Waals surface area contributed by atoms with Crippen molar-refractivity contribution in [3.8, 4) is 23.7 Å². The van der Waals surface area contributed by atoms with Gasteiger partial charge in [0, 0.05) is 25.7 Å². The lowest BCUT2D eigenvalue weighted by Gasteiger charge is -2.14. The van der Waals surface area contributed by atoms with Gasteiger partial charge < -0.3 is 9.47 Å². The number of nitrogens with zero attached hydrogens (tertiary/aromatic N) is 2. The van der Waals surface area contributed by atoms with E-state index in [4.69, 9.17) is 9.47 Å². The molecule has 1 aromatic heterocycles. The summed E-state index contributed by atoms with van der Waals surface area (Å²) in [6, 6.07) is 7.53. The van der Waals surface area contributed by atoms with Crippen molar-refractivity contribution < 1.29 is 19.1 Å².